The summed E-state index contributed by atoms with van der Waals surface area (Å²) in [5.41, 5.74) is 5.52. The lowest BCUT2D eigenvalue weighted by Crippen LogP contribution is -2.02. The Morgan fingerprint density at radius 2 is 1.58 bits per heavy atom. The molecule has 0 radical (unpaired) electrons. The molecule has 0 N–H and O–H groups in total. The van der Waals surface area contributed by atoms with Crippen molar-refractivity contribution in [1.82, 2.24) is 24.5 Å². The third-order valence-corrected chi connectivity index (χ3v) is 7.66. The molecule has 36 heavy (non-hydrogen) atoms. The highest BCUT2D eigenvalue weighted by Crippen LogP contribution is 2.37. The Bertz CT molecular complexity index is 1510. The van der Waals surface area contributed by atoms with Crippen LogP contribution < -0.4 is 0 Å². The number of benzene rings is 3. The molecule has 5 aromatic rings. The smallest absolute Gasteiger partial charge is 0.191 e. The standard InChI is InChI=1S/C27H22Cl3N5S/c1-3-34-26(31-32-27(34)36-16-18-7-5-4-6-8-18)24-17(2)25(19-9-11-20(28)12-10-19)35(33-24)23-14-13-21(29)15-22(23)30/h4-15H,3,16H2,1-2H3. The van der Waals surface area contributed by atoms with Gasteiger partial charge in [0, 0.05) is 33.5 Å². The van der Waals surface area contributed by atoms with E-state index >= 15 is 0 Å². The Morgan fingerprint density at radius 3 is 2.28 bits per heavy atom. The predicted octanol–water partition coefficient (Wildman–Crippen LogP) is 8.38. The molecule has 182 valence electrons. The zero-order chi connectivity index (χ0) is 25.2. The average molecular weight is 555 g/mol. The quantitative estimate of drug-likeness (QED) is 0.190. The molecule has 5 nitrogen and oxygen atoms in total. The molecule has 0 atom stereocenters. The van der Waals surface area contributed by atoms with E-state index in [1.807, 2.05) is 60.1 Å². The molecule has 0 fully saturated rings. The van der Waals surface area contributed by atoms with Gasteiger partial charge >= 0.3 is 0 Å². The largest absolute Gasteiger partial charge is 0.301 e. The van der Waals surface area contributed by atoms with E-state index in [2.05, 4.69) is 33.8 Å². The monoisotopic (exact) mass is 553 g/mol. The van der Waals surface area contributed by atoms with Crippen LogP contribution in [0.4, 0.5) is 0 Å². The minimum Gasteiger partial charge on any atom is -0.301 e. The molecular weight excluding hydrogens is 533 g/mol. The number of aromatic nitrogens is 5. The molecule has 3 aromatic carbocycles. The van der Waals surface area contributed by atoms with Crippen LogP contribution in [0.15, 0.2) is 78.0 Å². The molecule has 0 aliphatic rings. The average Bonchev–Trinajstić information content (AvgIpc) is 3.44. The molecular formula is C27H22Cl3N5S. The molecule has 0 aliphatic carbocycles. The highest BCUT2D eigenvalue weighted by atomic mass is 35.5. The minimum absolute atomic E-state index is 0.503. The summed E-state index contributed by atoms with van der Waals surface area (Å²) in [5.74, 6) is 1.52. The van der Waals surface area contributed by atoms with E-state index in [1.54, 1.807) is 23.9 Å². The fraction of sp³-hybridized carbons (Fsp3) is 0.148. The van der Waals surface area contributed by atoms with Crippen molar-refractivity contribution < 1.29 is 0 Å². The van der Waals surface area contributed by atoms with E-state index in [0.29, 0.717) is 27.4 Å². The van der Waals surface area contributed by atoms with Crippen molar-refractivity contribution in [1.29, 1.82) is 0 Å². The number of halogens is 3. The van der Waals surface area contributed by atoms with Gasteiger partial charge in [-0.2, -0.15) is 5.10 Å². The van der Waals surface area contributed by atoms with Gasteiger partial charge in [-0.25, -0.2) is 4.68 Å². The Kier molecular flexibility index (Phi) is 7.39. The Morgan fingerprint density at radius 1 is 0.861 bits per heavy atom. The lowest BCUT2D eigenvalue weighted by molar-refractivity contribution is 0.684. The molecule has 2 heterocycles. The normalized spacial score (nSPS) is 11.2. The van der Waals surface area contributed by atoms with Crippen molar-refractivity contribution in [2.45, 2.75) is 31.3 Å². The van der Waals surface area contributed by atoms with Crippen LogP contribution in [-0.2, 0) is 12.3 Å². The summed E-state index contributed by atoms with van der Waals surface area (Å²) in [4.78, 5) is 0. The molecule has 0 aliphatic heterocycles. The molecule has 0 amide bonds. The van der Waals surface area contributed by atoms with Crippen LogP contribution in [0.3, 0.4) is 0 Å². The van der Waals surface area contributed by atoms with Gasteiger partial charge in [0.2, 0.25) is 0 Å². The fourth-order valence-electron chi connectivity index (χ4n) is 4.06. The number of thioether (sulfide) groups is 1. The van der Waals surface area contributed by atoms with Gasteiger partial charge in [-0.3, -0.25) is 0 Å². The van der Waals surface area contributed by atoms with Crippen LogP contribution in [0, 0.1) is 6.92 Å². The van der Waals surface area contributed by atoms with Crippen molar-refractivity contribution in [2.75, 3.05) is 0 Å². The van der Waals surface area contributed by atoms with E-state index in [1.165, 1.54) is 5.56 Å². The summed E-state index contributed by atoms with van der Waals surface area (Å²) in [6, 6.07) is 23.4. The SMILES string of the molecule is CCn1c(SCc2ccccc2)nnc1-c1nn(-c2ccc(Cl)cc2Cl)c(-c2ccc(Cl)cc2)c1C. The number of rotatable bonds is 7. The Balaban J connectivity index is 1.62. The summed E-state index contributed by atoms with van der Waals surface area (Å²) in [6.07, 6.45) is 0. The molecule has 0 unspecified atom stereocenters. The summed E-state index contributed by atoms with van der Waals surface area (Å²) in [6.45, 7) is 4.84. The van der Waals surface area contributed by atoms with Gasteiger partial charge < -0.3 is 4.57 Å². The summed E-state index contributed by atoms with van der Waals surface area (Å²) >= 11 is 20.6. The van der Waals surface area contributed by atoms with Gasteiger partial charge in [0.1, 0.15) is 5.69 Å². The van der Waals surface area contributed by atoms with Gasteiger partial charge in [0.05, 0.1) is 16.4 Å². The van der Waals surface area contributed by atoms with Crippen molar-refractivity contribution in [3.05, 3.63) is 99.0 Å². The summed E-state index contributed by atoms with van der Waals surface area (Å²) in [5, 5.41) is 16.7. The molecule has 0 spiro atoms. The maximum atomic E-state index is 6.62. The summed E-state index contributed by atoms with van der Waals surface area (Å²) in [7, 11) is 0. The molecule has 5 rings (SSSR count). The summed E-state index contributed by atoms with van der Waals surface area (Å²) < 4.78 is 3.94. The van der Waals surface area contributed by atoms with Gasteiger partial charge in [-0.15, -0.1) is 10.2 Å². The molecule has 2 aromatic heterocycles. The molecule has 0 saturated heterocycles. The zero-order valence-corrected chi connectivity index (χ0v) is 22.7. The minimum atomic E-state index is 0.503. The first-order chi connectivity index (χ1) is 17.5. The van der Waals surface area contributed by atoms with E-state index in [4.69, 9.17) is 39.9 Å². The second-order valence-corrected chi connectivity index (χ2v) is 10.4. The maximum Gasteiger partial charge on any atom is 0.191 e. The van der Waals surface area contributed by atoms with E-state index in [0.717, 1.165) is 39.1 Å². The second-order valence-electron chi connectivity index (χ2n) is 8.16. The van der Waals surface area contributed by atoms with Crippen molar-refractivity contribution >= 4 is 46.6 Å². The van der Waals surface area contributed by atoms with Gasteiger partial charge in [0.25, 0.3) is 0 Å². The van der Waals surface area contributed by atoms with E-state index in [-0.39, 0.29) is 0 Å². The van der Waals surface area contributed by atoms with Crippen LogP contribution in [0.5, 0.6) is 0 Å². The Hall–Kier alpha value is -2.77. The fourth-order valence-corrected chi connectivity index (χ4v) is 5.63. The van der Waals surface area contributed by atoms with Crippen molar-refractivity contribution in [2.24, 2.45) is 0 Å². The second kappa shape index (κ2) is 10.7. The van der Waals surface area contributed by atoms with Crippen LogP contribution in [-0.4, -0.2) is 24.5 Å². The molecule has 0 saturated carbocycles. The van der Waals surface area contributed by atoms with Crippen molar-refractivity contribution in [3.63, 3.8) is 0 Å². The number of hydrogen-bond acceptors (Lipinski definition) is 4. The van der Waals surface area contributed by atoms with E-state index in [9.17, 15) is 0 Å². The first-order valence-electron chi connectivity index (χ1n) is 11.4. The predicted molar refractivity (Wildman–Crippen MR) is 149 cm³/mol. The first-order valence-corrected chi connectivity index (χ1v) is 13.5. The van der Waals surface area contributed by atoms with Crippen LogP contribution in [0.25, 0.3) is 28.5 Å². The van der Waals surface area contributed by atoms with E-state index < -0.39 is 0 Å². The molecule has 9 heteroatoms. The van der Waals surface area contributed by atoms with Gasteiger partial charge in [0.15, 0.2) is 11.0 Å². The Labute approximate surface area is 229 Å². The lowest BCUT2D eigenvalue weighted by atomic mass is 10.1. The number of hydrogen-bond donors (Lipinski definition) is 0. The van der Waals surface area contributed by atoms with Crippen LogP contribution in [0.2, 0.25) is 15.1 Å². The van der Waals surface area contributed by atoms with Gasteiger partial charge in [-0.1, -0.05) is 89.0 Å². The van der Waals surface area contributed by atoms with Crippen LogP contribution in [0.1, 0.15) is 18.1 Å². The highest BCUT2D eigenvalue weighted by Gasteiger charge is 2.24. The maximum absolute atomic E-state index is 6.62. The zero-order valence-electron chi connectivity index (χ0n) is 19.6. The third-order valence-electron chi connectivity index (χ3n) is 5.83. The third kappa shape index (κ3) is 4.91. The highest BCUT2D eigenvalue weighted by molar-refractivity contribution is 7.98. The van der Waals surface area contributed by atoms with Crippen molar-refractivity contribution in [3.8, 4) is 28.5 Å². The first kappa shape index (κ1) is 24.9. The number of nitrogens with zero attached hydrogens (tertiary/aromatic N) is 5. The molecule has 0 bridgehead atoms. The lowest BCUT2D eigenvalue weighted by Gasteiger charge is -2.11. The van der Waals surface area contributed by atoms with Gasteiger partial charge in [-0.05, 0) is 49.7 Å². The van der Waals surface area contributed by atoms with Crippen LogP contribution >= 0.6 is 46.6 Å². The topological polar surface area (TPSA) is 48.5 Å².